The van der Waals surface area contributed by atoms with Gasteiger partial charge in [0.05, 0.1) is 0 Å². The van der Waals surface area contributed by atoms with E-state index >= 15 is 0 Å². The molecule has 0 N–H and O–H groups in total. The zero-order chi connectivity index (χ0) is 12.3. The summed E-state index contributed by atoms with van der Waals surface area (Å²) >= 11 is 3.26. The van der Waals surface area contributed by atoms with Gasteiger partial charge in [0.1, 0.15) is 0 Å². The highest BCUT2D eigenvalue weighted by Gasteiger charge is 2.19. The second kappa shape index (κ2) is 5.06. The zero-order valence-electron chi connectivity index (χ0n) is 8.89. The number of rotatable bonds is 3. The highest BCUT2D eigenvalue weighted by atomic mass is 79.9. The van der Waals surface area contributed by atoms with Crippen LogP contribution >= 0.6 is 15.9 Å². The first-order valence-electron chi connectivity index (χ1n) is 5.09. The van der Waals surface area contributed by atoms with Crippen molar-refractivity contribution < 1.29 is 9.59 Å². The number of ketones is 2. The minimum Gasteiger partial charge on any atom is -0.285 e. The molecule has 0 aliphatic heterocycles. The molecule has 0 amide bonds. The molecule has 0 saturated carbocycles. The number of Topliss-reactive ketones (excluding diaryl/α,β-unsaturated/α-hetero) is 2. The summed E-state index contributed by atoms with van der Waals surface area (Å²) in [5, 5.41) is 0. The second-order valence-corrected chi connectivity index (χ2v) is 4.36. The molecular formula is C14H9BrO2. The molecule has 0 bridgehead atoms. The topological polar surface area (TPSA) is 34.1 Å². The van der Waals surface area contributed by atoms with Gasteiger partial charge in [0.15, 0.2) is 0 Å². The molecule has 0 atom stereocenters. The van der Waals surface area contributed by atoms with Gasteiger partial charge in [0.25, 0.3) is 0 Å². The Morgan fingerprint density at radius 2 is 1.35 bits per heavy atom. The number of hydrogen-bond donors (Lipinski definition) is 0. The summed E-state index contributed by atoms with van der Waals surface area (Å²) in [7, 11) is 0. The fraction of sp³-hybridized carbons (Fsp3) is 0. The van der Waals surface area contributed by atoms with Crippen LogP contribution in [0.25, 0.3) is 0 Å². The molecule has 0 aliphatic rings. The standard InChI is InChI=1S/C14H9BrO2/c15-12-9-5-4-8-11(12)14(17)13(16)10-6-2-1-3-7-10/h1-9H. The van der Waals surface area contributed by atoms with Crippen molar-refractivity contribution in [3.63, 3.8) is 0 Å². The quantitative estimate of drug-likeness (QED) is 0.640. The van der Waals surface area contributed by atoms with Crippen molar-refractivity contribution in [2.24, 2.45) is 0 Å². The molecule has 0 fully saturated rings. The van der Waals surface area contributed by atoms with E-state index in [4.69, 9.17) is 0 Å². The molecule has 0 saturated heterocycles. The Morgan fingerprint density at radius 3 is 2.00 bits per heavy atom. The Hall–Kier alpha value is -1.74. The molecule has 2 aromatic carbocycles. The first kappa shape index (κ1) is 11.7. The number of hydrogen-bond acceptors (Lipinski definition) is 2. The lowest BCUT2D eigenvalue weighted by Gasteiger charge is -2.02. The summed E-state index contributed by atoms with van der Waals surface area (Å²) in [6.07, 6.45) is 0. The van der Waals surface area contributed by atoms with E-state index < -0.39 is 11.6 Å². The molecule has 0 aromatic heterocycles. The summed E-state index contributed by atoms with van der Waals surface area (Å²) in [6, 6.07) is 15.5. The maximum atomic E-state index is 12.0. The normalized spacial score (nSPS) is 9.94. The van der Waals surface area contributed by atoms with Gasteiger partial charge in [0, 0.05) is 15.6 Å². The van der Waals surface area contributed by atoms with Crippen molar-refractivity contribution >= 4 is 27.5 Å². The third-order valence-electron chi connectivity index (χ3n) is 2.36. The fourth-order valence-corrected chi connectivity index (χ4v) is 1.95. The van der Waals surface area contributed by atoms with Crippen LogP contribution in [0.4, 0.5) is 0 Å². The molecule has 2 rings (SSSR count). The van der Waals surface area contributed by atoms with Crippen molar-refractivity contribution in [1.82, 2.24) is 0 Å². The van der Waals surface area contributed by atoms with E-state index in [0.717, 1.165) is 0 Å². The molecule has 0 radical (unpaired) electrons. The van der Waals surface area contributed by atoms with Gasteiger partial charge in [-0.1, -0.05) is 58.4 Å². The summed E-state index contributed by atoms with van der Waals surface area (Å²) in [6.45, 7) is 0. The van der Waals surface area contributed by atoms with Crippen LogP contribution in [0, 0.1) is 0 Å². The van der Waals surface area contributed by atoms with Crippen LogP contribution in [0.1, 0.15) is 20.7 Å². The van der Waals surface area contributed by atoms with E-state index in [0.29, 0.717) is 15.6 Å². The monoisotopic (exact) mass is 288 g/mol. The predicted molar refractivity (Wildman–Crippen MR) is 69.2 cm³/mol. The molecule has 2 aromatic rings. The molecule has 84 valence electrons. The smallest absolute Gasteiger partial charge is 0.234 e. The molecule has 0 heterocycles. The predicted octanol–water partition coefficient (Wildman–Crippen LogP) is 3.51. The van der Waals surface area contributed by atoms with Crippen molar-refractivity contribution in [3.8, 4) is 0 Å². The minimum absolute atomic E-state index is 0.390. The first-order valence-corrected chi connectivity index (χ1v) is 5.88. The van der Waals surface area contributed by atoms with E-state index in [1.807, 2.05) is 0 Å². The molecule has 0 spiro atoms. The Morgan fingerprint density at radius 1 is 0.765 bits per heavy atom. The lowest BCUT2D eigenvalue weighted by molar-refractivity contribution is 0.0816. The third-order valence-corrected chi connectivity index (χ3v) is 3.05. The number of benzene rings is 2. The van der Waals surface area contributed by atoms with Gasteiger partial charge in [-0.2, -0.15) is 0 Å². The number of carbonyl (C=O) groups is 2. The van der Waals surface area contributed by atoms with E-state index in [9.17, 15) is 9.59 Å². The summed E-state index contributed by atoms with van der Waals surface area (Å²) in [5.74, 6) is -0.985. The van der Waals surface area contributed by atoms with Crippen molar-refractivity contribution in [3.05, 3.63) is 70.2 Å². The van der Waals surface area contributed by atoms with Gasteiger partial charge in [0.2, 0.25) is 11.6 Å². The van der Waals surface area contributed by atoms with Crippen LogP contribution in [-0.2, 0) is 0 Å². The average Bonchev–Trinajstić information content (AvgIpc) is 2.39. The van der Waals surface area contributed by atoms with Gasteiger partial charge in [-0.3, -0.25) is 9.59 Å². The van der Waals surface area contributed by atoms with Gasteiger partial charge in [-0.15, -0.1) is 0 Å². The van der Waals surface area contributed by atoms with E-state index in [1.54, 1.807) is 54.6 Å². The lowest BCUT2D eigenvalue weighted by atomic mass is 10.0. The maximum Gasteiger partial charge on any atom is 0.234 e. The van der Waals surface area contributed by atoms with Crippen LogP contribution < -0.4 is 0 Å². The zero-order valence-corrected chi connectivity index (χ0v) is 10.5. The van der Waals surface area contributed by atoms with E-state index in [-0.39, 0.29) is 0 Å². The Kier molecular flexibility index (Phi) is 3.49. The number of carbonyl (C=O) groups excluding carboxylic acids is 2. The van der Waals surface area contributed by atoms with Gasteiger partial charge >= 0.3 is 0 Å². The van der Waals surface area contributed by atoms with Crippen LogP contribution in [0.3, 0.4) is 0 Å². The van der Waals surface area contributed by atoms with Gasteiger partial charge in [-0.25, -0.2) is 0 Å². The summed E-state index contributed by atoms with van der Waals surface area (Å²) in [5.41, 5.74) is 0.801. The molecular weight excluding hydrogens is 280 g/mol. The molecule has 2 nitrogen and oxygen atoms in total. The molecule has 17 heavy (non-hydrogen) atoms. The van der Waals surface area contributed by atoms with E-state index in [1.165, 1.54) is 0 Å². The second-order valence-electron chi connectivity index (χ2n) is 3.50. The Labute approximate surface area is 107 Å². The molecule has 3 heteroatoms. The molecule has 0 unspecified atom stereocenters. The van der Waals surface area contributed by atoms with Crippen LogP contribution in [0.15, 0.2) is 59.1 Å². The summed E-state index contributed by atoms with van der Waals surface area (Å²) < 4.78 is 0.634. The SMILES string of the molecule is O=C(C(=O)c1ccccc1Br)c1ccccc1. The van der Waals surface area contributed by atoms with Crippen LogP contribution in [0.2, 0.25) is 0 Å². The van der Waals surface area contributed by atoms with Crippen molar-refractivity contribution in [1.29, 1.82) is 0 Å². The Balaban J connectivity index is 2.34. The Bertz CT molecular complexity index is 561. The third kappa shape index (κ3) is 2.50. The number of halogens is 1. The lowest BCUT2D eigenvalue weighted by Crippen LogP contribution is -2.14. The average molecular weight is 289 g/mol. The van der Waals surface area contributed by atoms with Crippen LogP contribution in [0.5, 0.6) is 0 Å². The fourth-order valence-electron chi connectivity index (χ4n) is 1.49. The highest BCUT2D eigenvalue weighted by Crippen LogP contribution is 2.18. The highest BCUT2D eigenvalue weighted by molar-refractivity contribution is 9.10. The largest absolute Gasteiger partial charge is 0.285 e. The van der Waals surface area contributed by atoms with E-state index in [2.05, 4.69) is 15.9 Å². The van der Waals surface area contributed by atoms with Gasteiger partial charge < -0.3 is 0 Å². The summed E-state index contributed by atoms with van der Waals surface area (Å²) in [4.78, 5) is 23.9. The van der Waals surface area contributed by atoms with Gasteiger partial charge in [-0.05, 0) is 12.1 Å². The molecule has 0 aliphatic carbocycles. The maximum absolute atomic E-state index is 12.0. The minimum atomic E-state index is -0.497. The first-order chi connectivity index (χ1) is 8.20. The van der Waals surface area contributed by atoms with Crippen molar-refractivity contribution in [2.45, 2.75) is 0 Å². The van der Waals surface area contributed by atoms with Crippen LogP contribution in [-0.4, -0.2) is 11.6 Å². The van der Waals surface area contributed by atoms with Crippen molar-refractivity contribution in [2.75, 3.05) is 0 Å².